The topological polar surface area (TPSA) is 74.7 Å². The van der Waals surface area contributed by atoms with Crippen molar-refractivity contribution >= 4 is 16.0 Å². The van der Waals surface area contributed by atoms with Crippen molar-refractivity contribution in [1.29, 1.82) is 0 Å². The number of carbonyl (C=O) groups is 1. The largest absolute Gasteiger partial charge is 0.481 e. The van der Waals surface area contributed by atoms with Crippen molar-refractivity contribution in [1.82, 2.24) is 4.31 Å². The number of carboxylic acid groups (broad SMARTS) is 1. The summed E-state index contributed by atoms with van der Waals surface area (Å²) in [5.41, 5.74) is 2.19. The second-order valence-electron chi connectivity index (χ2n) is 4.67. The predicted molar refractivity (Wildman–Crippen MR) is 71.2 cm³/mol. The lowest BCUT2D eigenvalue weighted by molar-refractivity contribution is -0.136. The maximum Gasteiger partial charge on any atom is 0.304 e. The molecule has 0 bridgehead atoms. The molecule has 0 aliphatic carbocycles. The summed E-state index contributed by atoms with van der Waals surface area (Å²) in [5, 5.41) is 8.61. The highest BCUT2D eigenvalue weighted by Gasteiger charge is 2.25. The number of benzene rings is 1. The van der Waals surface area contributed by atoms with Gasteiger partial charge in [0.1, 0.15) is 0 Å². The van der Waals surface area contributed by atoms with Crippen molar-refractivity contribution in [2.24, 2.45) is 0 Å². The fourth-order valence-corrected chi connectivity index (χ4v) is 3.69. The first-order valence-electron chi connectivity index (χ1n) is 6.25. The fourth-order valence-electron chi connectivity index (χ4n) is 2.25. The molecule has 0 radical (unpaired) electrons. The van der Waals surface area contributed by atoms with Gasteiger partial charge in [-0.1, -0.05) is 24.3 Å². The van der Waals surface area contributed by atoms with Crippen LogP contribution in [-0.4, -0.2) is 36.1 Å². The number of hydrogen-bond acceptors (Lipinski definition) is 3. The third-order valence-corrected chi connectivity index (χ3v) is 5.10. The van der Waals surface area contributed by atoms with Crippen molar-refractivity contribution in [2.45, 2.75) is 25.8 Å². The first-order chi connectivity index (χ1) is 8.99. The number of aryl methyl sites for hydroxylation is 1. The van der Waals surface area contributed by atoms with E-state index in [0.717, 1.165) is 18.4 Å². The molecule has 6 heteroatoms. The van der Waals surface area contributed by atoms with Crippen LogP contribution in [0.25, 0.3) is 0 Å². The summed E-state index contributed by atoms with van der Waals surface area (Å²) in [5.74, 6) is -1.41. The predicted octanol–water partition coefficient (Wildman–Crippen LogP) is 1.24. The maximum atomic E-state index is 12.1. The van der Waals surface area contributed by atoms with E-state index in [4.69, 9.17) is 5.11 Å². The van der Waals surface area contributed by atoms with E-state index in [1.165, 1.54) is 9.87 Å². The molecule has 1 aliphatic heterocycles. The van der Waals surface area contributed by atoms with Gasteiger partial charge in [-0.25, -0.2) is 8.42 Å². The van der Waals surface area contributed by atoms with E-state index in [0.29, 0.717) is 13.1 Å². The average molecular weight is 283 g/mol. The smallest absolute Gasteiger partial charge is 0.304 e. The minimum atomic E-state index is -3.49. The standard InChI is InChI=1S/C13H17NO4S/c15-13(16)7-9-19(17,18)14-8-3-6-11-4-1-2-5-12(11)10-14/h1-2,4-5H,3,6-10H2,(H,15,16). The Balaban J connectivity index is 2.16. The van der Waals surface area contributed by atoms with E-state index in [1.54, 1.807) is 0 Å². The zero-order valence-electron chi connectivity index (χ0n) is 10.6. The summed E-state index contributed by atoms with van der Waals surface area (Å²) in [6.07, 6.45) is 1.28. The highest BCUT2D eigenvalue weighted by Crippen LogP contribution is 2.20. The number of hydrogen-bond donors (Lipinski definition) is 1. The van der Waals surface area contributed by atoms with Gasteiger partial charge in [0.25, 0.3) is 0 Å². The number of nitrogens with zero attached hydrogens (tertiary/aromatic N) is 1. The van der Waals surface area contributed by atoms with Gasteiger partial charge in [-0.3, -0.25) is 4.79 Å². The monoisotopic (exact) mass is 283 g/mol. The van der Waals surface area contributed by atoms with E-state index in [2.05, 4.69) is 0 Å². The van der Waals surface area contributed by atoms with Gasteiger partial charge in [-0.05, 0) is 24.0 Å². The molecule has 19 heavy (non-hydrogen) atoms. The molecule has 0 aromatic heterocycles. The van der Waals surface area contributed by atoms with Crippen LogP contribution in [-0.2, 0) is 27.8 Å². The van der Waals surface area contributed by atoms with Gasteiger partial charge in [0.05, 0.1) is 12.2 Å². The van der Waals surface area contributed by atoms with Crippen molar-refractivity contribution in [3.8, 4) is 0 Å². The van der Waals surface area contributed by atoms with E-state index >= 15 is 0 Å². The second-order valence-corrected chi connectivity index (χ2v) is 6.75. The Kier molecular flexibility index (Phi) is 4.21. The molecule has 0 fully saturated rings. The van der Waals surface area contributed by atoms with Gasteiger partial charge in [0.15, 0.2) is 0 Å². The molecule has 1 aromatic rings. The molecule has 1 N–H and O–H groups in total. The van der Waals surface area contributed by atoms with E-state index < -0.39 is 16.0 Å². The van der Waals surface area contributed by atoms with E-state index in [-0.39, 0.29) is 12.2 Å². The van der Waals surface area contributed by atoms with Gasteiger partial charge in [-0.2, -0.15) is 4.31 Å². The highest BCUT2D eigenvalue weighted by atomic mass is 32.2. The summed E-state index contributed by atoms with van der Waals surface area (Å²) >= 11 is 0. The van der Waals surface area contributed by atoms with Crippen LogP contribution in [0.3, 0.4) is 0 Å². The average Bonchev–Trinajstić information content (AvgIpc) is 2.59. The Labute approximate surface area is 112 Å². The number of carboxylic acids is 1. The molecule has 1 aromatic carbocycles. The van der Waals surface area contributed by atoms with Crippen LogP contribution < -0.4 is 0 Å². The number of aliphatic carboxylic acids is 1. The van der Waals surface area contributed by atoms with Crippen molar-refractivity contribution < 1.29 is 18.3 Å². The van der Waals surface area contributed by atoms with Crippen LogP contribution in [0.4, 0.5) is 0 Å². The fraction of sp³-hybridized carbons (Fsp3) is 0.462. The molecule has 0 spiro atoms. The van der Waals surface area contributed by atoms with Crippen molar-refractivity contribution in [3.63, 3.8) is 0 Å². The molecule has 0 atom stereocenters. The van der Waals surface area contributed by atoms with Crippen LogP contribution in [0, 0.1) is 0 Å². The van der Waals surface area contributed by atoms with Gasteiger partial charge >= 0.3 is 5.97 Å². The highest BCUT2D eigenvalue weighted by molar-refractivity contribution is 7.89. The maximum absolute atomic E-state index is 12.1. The number of rotatable bonds is 4. The summed E-state index contributed by atoms with van der Waals surface area (Å²) in [6.45, 7) is 0.800. The minimum absolute atomic E-state index is 0.329. The van der Waals surface area contributed by atoms with E-state index in [1.807, 2.05) is 24.3 Å². The third-order valence-electron chi connectivity index (χ3n) is 3.29. The molecule has 0 saturated heterocycles. The van der Waals surface area contributed by atoms with Gasteiger partial charge in [0.2, 0.25) is 10.0 Å². The lowest BCUT2D eigenvalue weighted by Gasteiger charge is -2.20. The molecule has 0 amide bonds. The second kappa shape index (κ2) is 5.71. The summed E-state index contributed by atoms with van der Waals surface area (Å²) in [7, 11) is -3.49. The Hall–Kier alpha value is -1.40. The molecule has 0 unspecified atom stereocenters. The zero-order valence-corrected chi connectivity index (χ0v) is 11.4. The number of fused-ring (bicyclic) bond motifs is 1. The zero-order chi connectivity index (χ0) is 13.9. The van der Waals surface area contributed by atoms with Gasteiger partial charge in [0, 0.05) is 13.1 Å². The Morgan fingerprint density at radius 1 is 1.26 bits per heavy atom. The van der Waals surface area contributed by atoms with Crippen LogP contribution in [0.1, 0.15) is 24.0 Å². The Morgan fingerprint density at radius 3 is 2.63 bits per heavy atom. The minimum Gasteiger partial charge on any atom is -0.481 e. The summed E-state index contributed by atoms with van der Waals surface area (Å²) in [4.78, 5) is 10.5. The van der Waals surface area contributed by atoms with Crippen LogP contribution in [0.5, 0.6) is 0 Å². The van der Waals surface area contributed by atoms with Gasteiger partial charge in [-0.15, -0.1) is 0 Å². The molecular weight excluding hydrogens is 266 g/mol. The molecule has 1 heterocycles. The third kappa shape index (κ3) is 3.54. The Bertz CT molecular complexity index is 568. The molecule has 5 nitrogen and oxygen atoms in total. The first-order valence-corrected chi connectivity index (χ1v) is 7.86. The molecule has 104 valence electrons. The lowest BCUT2D eigenvalue weighted by atomic mass is 10.0. The molecular formula is C13H17NO4S. The Morgan fingerprint density at radius 2 is 1.95 bits per heavy atom. The lowest BCUT2D eigenvalue weighted by Crippen LogP contribution is -2.33. The normalized spacial score (nSPS) is 16.6. The van der Waals surface area contributed by atoms with Crippen LogP contribution >= 0.6 is 0 Å². The van der Waals surface area contributed by atoms with Crippen molar-refractivity contribution in [3.05, 3.63) is 35.4 Å². The van der Waals surface area contributed by atoms with Crippen LogP contribution in [0.2, 0.25) is 0 Å². The first kappa shape index (κ1) is 14.0. The molecule has 1 aliphatic rings. The SMILES string of the molecule is O=C(O)CCS(=O)(=O)N1CCCc2ccccc2C1. The number of sulfonamides is 1. The molecule has 0 saturated carbocycles. The summed E-state index contributed by atoms with van der Waals surface area (Å²) < 4.78 is 25.6. The summed E-state index contributed by atoms with van der Waals surface area (Å²) in [6, 6.07) is 7.79. The van der Waals surface area contributed by atoms with E-state index in [9.17, 15) is 13.2 Å². The van der Waals surface area contributed by atoms with Crippen LogP contribution in [0.15, 0.2) is 24.3 Å². The molecule has 2 rings (SSSR count). The quantitative estimate of drug-likeness (QED) is 0.902. The van der Waals surface area contributed by atoms with Gasteiger partial charge < -0.3 is 5.11 Å². The van der Waals surface area contributed by atoms with Crippen molar-refractivity contribution in [2.75, 3.05) is 12.3 Å².